The summed E-state index contributed by atoms with van der Waals surface area (Å²) in [5.41, 5.74) is 9.90. The zero-order valence-corrected chi connectivity index (χ0v) is 18.0. The van der Waals surface area contributed by atoms with Crippen LogP contribution in [0.4, 0.5) is 27.8 Å². The minimum atomic E-state index is -4.78. The zero-order chi connectivity index (χ0) is 25.7. The van der Waals surface area contributed by atoms with Gasteiger partial charge >= 0.3 is 6.18 Å². The minimum Gasteiger partial charge on any atom is -0.382 e. The van der Waals surface area contributed by atoms with E-state index < -0.39 is 53.3 Å². The van der Waals surface area contributed by atoms with Crippen molar-refractivity contribution in [3.63, 3.8) is 0 Å². The van der Waals surface area contributed by atoms with E-state index in [2.05, 4.69) is 9.97 Å². The van der Waals surface area contributed by atoms with Crippen molar-refractivity contribution in [3.8, 4) is 0 Å². The van der Waals surface area contributed by atoms with Crippen molar-refractivity contribution in [2.24, 2.45) is 5.73 Å². The molecule has 2 amide bonds. The molecule has 4 rings (SSSR count). The fraction of sp³-hybridized carbons (Fsp3) is 0.182. The molecule has 1 atom stereocenters. The van der Waals surface area contributed by atoms with Crippen molar-refractivity contribution in [1.82, 2.24) is 19.3 Å². The minimum absolute atomic E-state index is 0.0789. The van der Waals surface area contributed by atoms with Gasteiger partial charge in [-0.25, -0.2) is 18.7 Å². The van der Waals surface area contributed by atoms with Crippen molar-refractivity contribution >= 4 is 34.2 Å². The maximum Gasteiger partial charge on any atom is 0.416 e. The summed E-state index contributed by atoms with van der Waals surface area (Å²) in [4.78, 5) is 34.0. The lowest BCUT2D eigenvalue weighted by Gasteiger charge is -2.28. The Kier molecular flexibility index (Phi) is 5.79. The summed E-state index contributed by atoms with van der Waals surface area (Å²) >= 11 is 0. The fourth-order valence-corrected chi connectivity index (χ4v) is 3.59. The molecule has 4 aromatic rings. The highest BCUT2D eigenvalue weighted by Crippen LogP contribution is 2.31. The zero-order valence-electron chi connectivity index (χ0n) is 18.0. The van der Waals surface area contributed by atoms with Gasteiger partial charge in [-0.3, -0.25) is 14.0 Å². The standard InChI is InChI=1S/C22H17F5N6O2/c1-10(20(29)34)32(8-11-2-3-12(4-14(11)23)22(25,26)27)21(35)13-5-17-16(6-15(13)24)31-19(28)18-7-30-9-33(17)18/h2-7,9-10H,8H2,1H3,(H2,28,31)(H2,29,34)/t10-/m1/s1. The van der Waals surface area contributed by atoms with E-state index in [4.69, 9.17) is 11.5 Å². The van der Waals surface area contributed by atoms with Crippen molar-refractivity contribution in [2.75, 3.05) is 5.73 Å². The number of anilines is 1. The highest BCUT2D eigenvalue weighted by molar-refractivity contribution is 6.00. The second-order valence-corrected chi connectivity index (χ2v) is 7.78. The number of carbonyl (C=O) groups excluding carboxylic acids is 2. The third-order valence-electron chi connectivity index (χ3n) is 5.56. The molecule has 0 aliphatic carbocycles. The number of hydrogen-bond acceptors (Lipinski definition) is 5. The number of nitrogens with zero attached hydrogens (tertiary/aromatic N) is 4. The molecular weight excluding hydrogens is 475 g/mol. The highest BCUT2D eigenvalue weighted by Gasteiger charge is 2.33. The molecule has 4 N–H and O–H groups in total. The predicted octanol–water partition coefficient (Wildman–Crippen LogP) is 3.28. The summed E-state index contributed by atoms with van der Waals surface area (Å²) in [6.07, 6.45) is -1.98. The second kappa shape index (κ2) is 8.49. The lowest BCUT2D eigenvalue weighted by Crippen LogP contribution is -2.46. The molecular formula is C22H17F5N6O2. The van der Waals surface area contributed by atoms with E-state index in [9.17, 15) is 31.5 Å². The number of halogens is 5. The Morgan fingerprint density at radius 2 is 1.83 bits per heavy atom. The molecule has 8 nitrogen and oxygen atoms in total. The summed E-state index contributed by atoms with van der Waals surface area (Å²) in [5, 5.41) is 0. The molecule has 0 unspecified atom stereocenters. The van der Waals surface area contributed by atoms with E-state index in [-0.39, 0.29) is 28.5 Å². The Morgan fingerprint density at radius 3 is 2.46 bits per heavy atom. The van der Waals surface area contributed by atoms with Gasteiger partial charge in [0.15, 0.2) is 0 Å². The Bertz CT molecular complexity index is 1480. The number of alkyl halides is 3. The molecule has 0 bridgehead atoms. The molecule has 0 radical (unpaired) electrons. The summed E-state index contributed by atoms with van der Waals surface area (Å²) in [6.45, 7) is 0.586. The molecule has 35 heavy (non-hydrogen) atoms. The van der Waals surface area contributed by atoms with Gasteiger partial charge in [0.2, 0.25) is 5.91 Å². The van der Waals surface area contributed by atoms with Crippen LogP contribution in [0, 0.1) is 11.6 Å². The molecule has 182 valence electrons. The maximum absolute atomic E-state index is 15.0. The summed E-state index contributed by atoms with van der Waals surface area (Å²) < 4.78 is 69.6. The van der Waals surface area contributed by atoms with Crippen LogP contribution in [0.25, 0.3) is 16.6 Å². The van der Waals surface area contributed by atoms with Crippen LogP contribution in [0.5, 0.6) is 0 Å². The fourth-order valence-electron chi connectivity index (χ4n) is 3.59. The third kappa shape index (κ3) is 4.32. The smallest absolute Gasteiger partial charge is 0.382 e. The molecule has 2 aromatic heterocycles. The van der Waals surface area contributed by atoms with Crippen LogP contribution < -0.4 is 11.5 Å². The Balaban J connectivity index is 1.79. The van der Waals surface area contributed by atoms with Gasteiger partial charge in [0.1, 0.15) is 29.0 Å². The summed E-state index contributed by atoms with van der Waals surface area (Å²) in [5.74, 6) is -4.22. The molecule has 0 aliphatic rings. The van der Waals surface area contributed by atoms with Gasteiger partial charge in [0.05, 0.1) is 34.7 Å². The van der Waals surface area contributed by atoms with E-state index >= 15 is 0 Å². The molecule has 0 fully saturated rings. The highest BCUT2D eigenvalue weighted by atomic mass is 19.4. The first-order chi connectivity index (χ1) is 16.4. The Hall–Kier alpha value is -4.29. The predicted molar refractivity (Wildman–Crippen MR) is 115 cm³/mol. The number of amides is 2. The maximum atomic E-state index is 15.0. The van der Waals surface area contributed by atoms with Crippen molar-refractivity contribution in [2.45, 2.75) is 25.7 Å². The Labute approximate surface area is 194 Å². The molecule has 0 aliphatic heterocycles. The monoisotopic (exact) mass is 492 g/mol. The van der Waals surface area contributed by atoms with Crippen LogP contribution in [-0.4, -0.2) is 37.1 Å². The molecule has 2 aromatic carbocycles. The number of aromatic nitrogens is 3. The molecule has 0 saturated heterocycles. The number of hydrogen-bond donors (Lipinski definition) is 2. The number of carbonyl (C=O) groups is 2. The SMILES string of the molecule is C[C@H](C(N)=O)N(Cc1ccc(C(F)(F)F)cc1F)C(=O)c1cc2c(cc1F)nc(N)c1cncn12. The first-order valence-corrected chi connectivity index (χ1v) is 10.0. The average Bonchev–Trinajstić information content (AvgIpc) is 3.27. The Morgan fingerprint density at radius 1 is 1.11 bits per heavy atom. The summed E-state index contributed by atoms with van der Waals surface area (Å²) in [6, 6.07) is 2.53. The molecule has 2 heterocycles. The lowest BCUT2D eigenvalue weighted by molar-refractivity contribution is -0.137. The van der Waals surface area contributed by atoms with Crippen LogP contribution in [0.1, 0.15) is 28.4 Å². The quantitative estimate of drug-likeness (QED) is 0.415. The number of benzene rings is 2. The molecule has 13 heteroatoms. The van der Waals surface area contributed by atoms with Crippen LogP contribution in [0.2, 0.25) is 0 Å². The van der Waals surface area contributed by atoms with Crippen molar-refractivity contribution < 1.29 is 31.5 Å². The van der Waals surface area contributed by atoms with Gasteiger partial charge in [0, 0.05) is 18.2 Å². The second-order valence-electron chi connectivity index (χ2n) is 7.78. The van der Waals surface area contributed by atoms with Crippen LogP contribution in [-0.2, 0) is 17.5 Å². The third-order valence-corrected chi connectivity index (χ3v) is 5.56. The van der Waals surface area contributed by atoms with Crippen LogP contribution in [0.15, 0.2) is 42.9 Å². The van der Waals surface area contributed by atoms with Crippen molar-refractivity contribution in [3.05, 3.63) is 71.2 Å². The first kappa shape index (κ1) is 23.9. The normalized spacial score (nSPS) is 12.7. The molecule has 0 saturated carbocycles. The number of primary amides is 1. The topological polar surface area (TPSA) is 120 Å². The van der Waals surface area contributed by atoms with E-state index in [1.807, 2.05) is 0 Å². The van der Waals surface area contributed by atoms with Gasteiger partial charge in [0.25, 0.3) is 5.91 Å². The molecule has 0 spiro atoms. The average molecular weight is 492 g/mol. The van der Waals surface area contributed by atoms with Gasteiger partial charge in [-0.15, -0.1) is 0 Å². The number of nitrogens with two attached hydrogens (primary N) is 2. The number of rotatable bonds is 5. The van der Waals surface area contributed by atoms with Crippen molar-refractivity contribution in [1.29, 1.82) is 0 Å². The first-order valence-electron chi connectivity index (χ1n) is 10.0. The van der Waals surface area contributed by atoms with Gasteiger partial charge in [-0.1, -0.05) is 6.07 Å². The van der Waals surface area contributed by atoms with Gasteiger partial charge in [-0.05, 0) is 25.1 Å². The number of imidazole rings is 1. The van der Waals surface area contributed by atoms with E-state index in [1.54, 1.807) is 0 Å². The largest absolute Gasteiger partial charge is 0.416 e. The van der Waals surface area contributed by atoms with Gasteiger partial charge in [-0.2, -0.15) is 13.2 Å². The number of nitrogen functional groups attached to an aromatic ring is 1. The lowest BCUT2D eigenvalue weighted by atomic mass is 10.1. The van der Waals surface area contributed by atoms with Crippen LogP contribution >= 0.6 is 0 Å². The van der Waals surface area contributed by atoms with E-state index in [0.717, 1.165) is 23.1 Å². The van der Waals surface area contributed by atoms with E-state index in [1.165, 1.54) is 23.8 Å². The van der Waals surface area contributed by atoms with Crippen LogP contribution in [0.3, 0.4) is 0 Å². The summed E-state index contributed by atoms with van der Waals surface area (Å²) in [7, 11) is 0. The van der Waals surface area contributed by atoms with Gasteiger partial charge < -0.3 is 16.4 Å². The van der Waals surface area contributed by atoms with E-state index in [0.29, 0.717) is 11.6 Å². The number of fused-ring (bicyclic) bond motifs is 3.